The van der Waals surface area contributed by atoms with Gasteiger partial charge in [0.25, 0.3) is 0 Å². The number of nitrogens with zero attached hydrogens (tertiary/aromatic N) is 4. The highest BCUT2D eigenvalue weighted by Gasteiger charge is 2.32. The second-order valence-electron chi connectivity index (χ2n) is 5.04. The van der Waals surface area contributed by atoms with Crippen molar-refractivity contribution in [2.24, 2.45) is 0 Å². The molecule has 0 amide bonds. The Balaban J connectivity index is 1.73. The number of pyridine rings is 1. The first-order valence-corrected chi connectivity index (χ1v) is 6.63. The lowest BCUT2D eigenvalue weighted by Gasteiger charge is -2.24. The van der Waals surface area contributed by atoms with Crippen molar-refractivity contribution < 1.29 is 13.2 Å². The number of aromatic nitrogens is 4. The van der Waals surface area contributed by atoms with Gasteiger partial charge in [0.2, 0.25) is 0 Å². The molecule has 112 valence electrons. The second-order valence-corrected chi connectivity index (χ2v) is 5.04. The van der Waals surface area contributed by atoms with E-state index < -0.39 is 11.9 Å². The van der Waals surface area contributed by atoms with Gasteiger partial charge in [-0.3, -0.25) is 0 Å². The molecule has 0 aromatic carbocycles. The molecule has 0 saturated heterocycles. The van der Waals surface area contributed by atoms with Crippen molar-refractivity contribution in [3.63, 3.8) is 0 Å². The zero-order valence-corrected chi connectivity index (χ0v) is 11.4. The van der Waals surface area contributed by atoms with E-state index in [0.717, 1.165) is 24.7 Å². The predicted molar refractivity (Wildman–Crippen MR) is 69.7 cm³/mol. The minimum Gasteiger partial charge on any atom is -0.365 e. The molecule has 0 saturated carbocycles. The molecule has 1 aliphatic heterocycles. The summed E-state index contributed by atoms with van der Waals surface area (Å²) in [4.78, 5) is 7.92. The average molecular weight is 297 g/mol. The van der Waals surface area contributed by atoms with Crippen LogP contribution in [0.2, 0.25) is 0 Å². The van der Waals surface area contributed by atoms with Crippen molar-refractivity contribution >= 4 is 5.82 Å². The van der Waals surface area contributed by atoms with E-state index in [1.165, 1.54) is 12.1 Å². The molecule has 0 bridgehead atoms. The summed E-state index contributed by atoms with van der Waals surface area (Å²) in [5.41, 5.74) is -0.888. The van der Waals surface area contributed by atoms with E-state index in [-0.39, 0.29) is 11.9 Å². The summed E-state index contributed by atoms with van der Waals surface area (Å²) >= 11 is 0. The largest absolute Gasteiger partial charge is 0.433 e. The number of aryl methyl sites for hydroxylation is 2. The Labute approximate surface area is 119 Å². The van der Waals surface area contributed by atoms with Gasteiger partial charge in [0.05, 0.1) is 6.54 Å². The average Bonchev–Trinajstić information content (AvgIpc) is 2.77. The van der Waals surface area contributed by atoms with Gasteiger partial charge in [0, 0.05) is 12.5 Å². The third kappa shape index (κ3) is 2.98. The molecule has 3 rings (SSSR count). The van der Waals surface area contributed by atoms with Crippen LogP contribution in [-0.2, 0) is 19.1 Å². The molecule has 1 atom stereocenters. The number of hydrogen-bond acceptors (Lipinski definition) is 4. The van der Waals surface area contributed by atoms with E-state index in [4.69, 9.17) is 0 Å². The van der Waals surface area contributed by atoms with Crippen molar-refractivity contribution in [2.75, 3.05) is 5.32 Å². The van der Waals surface area contributed by atoms with Gasteiger partial charge in [-0.2, -0.15) is 18.3 Å². The summed E-state index contributed by atoms with van der Waals surface area (Å²) < 4.78 is 39.7. The maximum Gasteiger partial charge on any atom is 0.433 e. The van der Waals surface area contributed by atoms with Gasteiger partial charge in [-0.1, -0.05) is 6.07 Å². The fourth-order valence-corrected chi connectivity index (χ4v) is 2.43. The monoisotopic (exact) mass is 297 g/mol. The van der Waals surface area contributed by atoms with Crippen molar-refractivity contribution in [3.05, 3.63) is 35.5 Å². The fraction of sp³-hybridized carbons (Fsp3) is 0.462. The lowest BCUT2D eigenvalue weighted by Crippen LogP contribution is -2.32. The molecule has 1 aliphatic rings. The minimum absolute atomic E-state index is 0.00502. The van der Waals surface area contributed by atoms with E-state index in [1.807, 2.05) is 6.92 Å². The lowest BCUT2D eigenvalue weighted by atomic mass is 10.1. The Morgan fingerprint density at radius 3 is 2.86 bits per heavy atom. The van der Waals surface area contributed by atoms with Crippen molar-refractivity contribution in [1.82, 2.24) is 19.7 Å². The number of halogens is 3. The molecule has 0 spiro atoms. The Hall–Kier alpha value is -2.12. The topological polar surface area (TPSA) is 55.6 Å². The van der Waals surface area contributed by atoms with Crippen LogP contribution >= 0.6 is 0 Å². The third-order valence-electron chi connectivity index (χ3n) is 3.36. The molecule has 3 heterocycles. The molecule has 5 nitrogen and oxygen atoms in total. The van der Waals surface area contributed by atoms with Gasteiger partial charge in [-0.25, -0.2) is 14.6 Å². The summed E-state index contributed by atoms with van der Waals surface area (Å²) in [6.07, 6.45) is -2.89. The molecule has 2 aromatic rings. The summed E-state index contributed by atoms with van der Waals surface area (Å²) in [6, 6.07) is 3.85. The number of hydrogen-bond donors (Lipinski definition) is 1. The lowest BCUT2D eigenvalue weighted by molar-refractivity contribution is -0.141. The number of anilines is 1. The highest BCUT2D eigenvalue weighted by Crippen LogP contribution is 2.28. The molecule has 0 aliphatic carbocycles. The molecule has 1 N–H and O–H groups in total. The molecule has 0 fully saturated rings. The van der Waals surface area contributed by atoms with E-state index in [1.54, 1.807) is 4.68 Å². The quantitative estimate of drug-likeness (QED) is 0.925. The number of fused-ring (bicyclic) bond motifs is 1. The third-order valence-corrected chi connectivity index (χ3v) is 3.36. The smallest absolute Gasteiger partial charge is 0.365 e. The predicted octanol–water partition coefficient (Wildman–Crippen LogP) is 2.43. The van der Waals surface area contributed by atoms with Gasteiger partial charge in [0.1, 0.15) is 23.2 Å². The Morgan fingerprint density at radius 2 is 2.10 bits per heavy atom. The Bertz CT molecular complexity index is 649. The van der Waals surface area contributed by atoms with E-state index in [2.05, 4.69) is 20.4 Å². The fourth-order valence-electron chi connectivity index (χ4n) is 2.43. The zero-order valence-electron chi connectivity index (χ0n) is 11.4. The van der Waals surface area contributed by atoms with Gasteiger partial charge >= 0.3 is 6.18 Å². The Kier molecular flexibility index (Phi) is 3.30. The molecule has 0 radical (unpaired) electrons. The minimum atomic E-state index is -4.43. The highest BCUT2D eigenvalue weighted by molar-refractivity contribution is 5.37. The van der Waals surface area contributed by atoms with Crippen LogP contribution < -0.4 is 5.32 Å². The van der Waals surface area contributed by atoms with Gasteiger partial charge in [-0.15, -0.1) is 0 Å². The maximum absolute atomic E-state index is 12.6. The summed E-state index contributed by atoms with van der Waals surface area (Å²) in [5.74, 6) is 1.86. The molecule has 0 unspecified atom stereocenters. The summed E-state index contributed by atoms with van der Waals surface area (Å²) in [7, 11) is 0. The van der Waals surface area contributed by atoms with Crippen molar-refractivity contribution in [2.45, 2.75) is 38.5 Å². The standard InChI is InChI=1S/C13H14F3N5/c1-8-17-12-6-5-9(7-21(12)20-8)18-11-4-2-3-10(19-11)13(14,15)16/h2-4,9H,5-7H2,1H3,(H,18,19)/t9-/m1/s1. The highest BCUT2D eigenvalue weighted by atomic mass is 19.4. The Morgan fingerprint density at radius 1 is 1.29 bits per heavy atom. The van der Waals surface area contributed by atoms with Gasteiger partial charge in [0.15, 0.2) is 0 Å². The van der Waals surface area contributed by atoms with Crippen LogP contribution in [-0.4, -0.2) is 25.8 Å². The van der Waals surface area contributed by atoms with Crippen molar-refractivity contribution in [3.8, 4) is 0 Å². The van der Waals surface area contributed by atoms with Crippen LogP contribution in [0, 0.1) is 6.92 Å². The molecular formula is C13H14F3N5. The van der Waals surface area contributed by atoms with Crippen LogP contribution in [0.3, 0.4) is 0 Å². The molecule has 8 heteroatoms. The van der Waals surface area contributed by atoms with Crippen LogP contribution in [0.4, 0.5) is 19.0 Å². The molecule has 2 aromatic heterocycles. The number of rotatable bonds is 2. The number of nitrogens with one attached hydrogen (secondary N) is 1. The zero-order chi connectivity index (χ0) is 15.0. The van der Waals surface area contributed by atoms with Gasteiger partial charge < -0.3 is 5.32 Å². The van der Waals surface area contributed by atoms with E-state index in [9.17, 15) is 13.2 Å². The van der Waals surface area contributed by atoms with Crippen LogP contribution in [0.15, 0.2) is 18.2 Å². The van der Waals surface area contributed by atoms with E-state index >= 15 is 0 Å². The normalized spacial score (nSPS) is 18.4. The van der Waals surface area contributed by atoms with Crippen LogP contribution in [0.1, 0.15) is 23.8 Å². The summed E-state index contributed by atoms with van der Waals surface area (Å²) in [5, 5.41) is 7.31. The van der Waals surface area contributed by atoms with Crippen LogP contribution in [0.25, 0.3) is 0 Å². The molecular weight excluding hydrogens is 283 g/mol. The first-order valence-electron chi connectivity index (χ1n) is 6.63. The van der Waals surface area contributed by atoms with Crippen molar-refractivity contribution in [1.29, 1.82) is 0 Å². The first-order chi connectivity index (χ1) is 9.91. The SMILES string of the molecule is Cc1nc2n(n1)C[C@H](Nc1cccc(C(F)(F)F)n1)CC2. The molecule has 21 heavy (non-hydrogen) atoms. The second kappa shape index (κ2) is 5.01. The van der Waals surface area contributed by atoms with Gasteiger partial charge in [-0.05, 0) is 25.5 Å². The first kappa shape index (κ1) is 13.8. The van der Waals surface area contributed by atoms with E-state index in [0.29, 0.717) is 12.4 Å². The maximum atomic E-state index is 12.6. The summed E-state index contributed by atoms with van der Waals surface area (Å²) in [6.45, 7) is 2.40. The number of alkyl halides is 3. The van der Waals surface area contributed by atoms with Crippen LogP contribution in [0.5, 0.6) is 0 Å².